The molecule has 0 spiro atoms. The predicted molar refractivity (Wildman–Crippen MR) is 105 cm³/mol. The smallest absolute Gasteiger partial charge is 0.343 e. The summed E-state index contributed by atoms with van der Waals surface area (Å²) >= 11 is 0. The second kappa shape index (κ2) is 6.72. The van der Waals surface area contributed by atoms with Gasteiger partial charge in [0.1, 0.15) is 0 Å². The molecule has 0 N–H and O–H groups in total. The topological polar surface area (TPSA) is 72.9 Å². The van der Waals surface area contributed by atoms with E-state index in [1.165, 1.54) is 12.0 Å². The van der Waals surface area contributed by atoms with E-state index >= 15 is 0 Å². The number of rotatable bonds is 4. The number of anilines is 1. The number of para-hydroxylation sites is 2. The normalized spacial score (nSPS) is 27.3. The monoisotopic (exact) mass is 391 g/mol. The molecule has 2 aliphatic carbocycles. The quantitative estimate of drug-likeness (QED) is 0.453. The molecule has 2 amide bonds. The molecule has 0 radical (unpaired) electrons. The lowest BCUT2D eigenvalue weighted by atomic mass is 9.81. The number of hydrogen-bond acceptors (Lipinski definition) is 5. The molecule has 3 aliphatic rings. The molecular weight excluding hydrogens is 370 g/mol. The molecule has 3 fully saturated rings. The van der Waals surface area contributed by atoms with Crippen LogP contribution in [0.1, 0.15) is 29.6 Å². The van der Waals surface area contributed by atoms with E-state index in [0.29, 0.717) is 34.6 Å². The zero-order valence-electron chi connectivity index (χ0n) is 16.0. The maximum Gasteiger partial charge on any atom is 0.343 e. The van der Waals surface area contributed by atoms with Crippen LogP contribution in [0.4, 0.5) is 5.69 Å². The van der Waals surface area contributed by atoms with Gasteiger partial charge in [0.25, 0.3) is 0 Å². The van der Waals surface area contributed by atoms with E-state index in [1.807, 2.05) is 0 Å². The highest BCUT2D eigenvalue weighted by molar-refractivity contribution is 6.22. The van der Waals surface area contributed by atoms with Gasteiger partial charge >= 0.3 is 5.97 Å². The molecule has 4 atom stereocenters. The molecule has 6 nitrogen and oxygen atoms in total. The molecule has 2 aromatic rings. The van der Waals surface area contributed by atoms with E-state index in [1.54, 1.807) is 48.5 Å². The van der Waals surface area contributed by atoms with Crippen LogP contribution in [0.2, 0.25) is 0 Å². The molecule has 148 valence electrons. The molecule has 5 rings (SSSR count). The van der Waals surface area contributed by atoms with E-state index in [4.69, 9.17) is 9.47 Å². The maximum absolute atomic E-state index is 12.9. The number of carbonyl (C=O) groups excluding carboxylic acids is 3. The van der Waals surface area contributed by atoms with Crippen molar-refractivity contribution in [2.24, 2.45) is 23.7 Å². The molecular formula is C23H21NO5. The summed E-state index contributed by atoms with van der Waals surface area (Å²) in [6.07, 6.45) is 3.10. The summed E-state index contributed by atoms with van der Waals surface area (Å²) in [6.45, 7) is 0. The standard InChI is InChI=1S/C23H21NO5/c1-28-17-4-2-3-5-18(17)29-23(27)13-8-10-16(11-9-13)24-21(25)19-14-6-7-15(12-14)20(19)22(24)26/h2-5,8-11,14-15,19-20H,6-7,12H2,1H3. The van der Waals surface area contributed by atoms with Gasteiger partial charge in [0.15, 0.2) is 11.5 Å². The lowest BCUT2D eigenvalue weighted by Crippen LogP contribution is -2.32. The highest BCUT2D eigenvalue weighted by Gasteiger charge is 2.61. The first-order valence-corrected chi connectivity index (χ1v) is 9.91. The summed E-state index contributed by atoms with van der Waals surface area (Å²) in [4.78, 5) is 39.6. The number of hydrogen-bond donors (Lipinski definition) is 0. The molecule has 2 aromatic carbocycles. The van der Waals surface area contributed by atoms with E-state index in [9.17, 15) is 14.4 Å². The fraction of sp³-hybridized carbons (Fsp3) is 0.348. The van der Waals surface area contributed by atoms with Gasteiger partial charge in [-0.25, -0.2) is 4.79 Å². The number of benzene rings is 2. The second-order valence-corrected chi connectivity index (χ2v) is 7.98. The van der Waals surface area contributed by atoms with Crippen LogP contribution in [0.5, 0.6) is 11.5 Å². The van der Waals surface area contributed by atoms with Gasteiger partial charge in [-0.3, -0.25) is 14.5 Å². The van der Waals surface area contributed by atoms with Gasteiger partial charge < -0.3 is 9.47 Å². The van der Waals surface area contributed by atoms with Gasteiger partial charge in [-0.15, -0.1) is 0 Å². The Kier molecular flexibility index (Phi) is 4.15. The summed E-state index contributed by atoms with van der Waals surface area (Å²) in [5.41, 5.74) is 0.849. The number of ether oxygens (including phenoxy) is 2. The third kappa shape index (κ3) is 2.74. The summed E-state index contributed by atoms with van der Waals surface area (Å²) in [6, 6.07) is 13.3. The number of fused-ring (bicyclic) bond motifs is 5. The number of imide groups is 1. The fourth-order valence-electron chi connectivity index (χ4n) is 5.27. The van der Waals surface area contributed by atoms with Crippen molar-refractivity contribution in [1.82, 2.24) is 0 Å². The first-order chi connectivity index (χ1) is 14.1. The van der Waals surface area contributed by atoms with Crippen molar-refractivity contribution < 1.29 is 23.9 Å². The van der Waals surface area contributed by atoms with Crippen molar-refractivity contribution in [2.75, 3.05) is 12.0 Å². The van der Waals surface area contributed by atoms with Crippen LogP contribution in [-0.2, 0) is 9.59 Å². The van der Waals surface area contributed by atoms with Crippen LogP contribution in [0.25, 0.3) is 0 Å². The Morgan fingerprint density at radius 1 is 0.897 bits per heavy atom. The summed E-state index contributed by atoms with van der Waals surface area (Å²) in [5.74, 6) is 0.475. The van der Waals surface area contributed by atoms with Gasteiger partial charge in [0.2, 0.25) is 11.8 Å². The first-order valence-electron chi connectivity index (χ1n) is 9.91. The predicted octanol–water partition coefficient (Wildman–Crippen LogP) is 3.45. The van der Waals surface area contributed by atoms with E-state index in [2.05, 4.69) is 0 Å². The Hall–Kier alpha value is -3.15. The minimum atomic E-state index is -0.532. The lowest BCUT2D eigenvalue weighted by Gasteiger charge is -2.19. The molecule has 1 saturated heterocycles. The van der Waals surface area contributed by atoms with Crippen molar-refractivity contribution in [3.8, 4) is 11.5 Å². The Bertz CT molecular complexity index is 971. The third-order valence-corrected chi connectivity index (χ3v) is 6.56. The molecule has 2 bridgehead atoms. The third-order valence-electron chi connectivity index (χ3n) is 6.56. The first kappa shape index (κ1) is 17.9. The zero-order valence-corrected chi connectivity index (χ0v) is 16.0. The summed E-state index contributed by atoms with van der Waals surface area (Å²) in [5, 5.41) is 0. The van der Waals surface area contributed by atoms with Crippen LogP contribution < -0.4 is 14.4 Å². The summed E-state index contributed by atoms with van der Waals surface area (Å²) < 4.78 is 10.6. The molecule has 2 saturated carbocycles. The van der Waals surface area contributed by atoms with Gasteiger partial charge in [0.05, 0.1) is 30.2 Å². The SMILES string of the molecule is COc1ccccc1OC(=O)c1ccc(N2C(=O)C3C4CCC(C4)C3C2=O)cc1. The number of esters is 1. The van der Waals surface area contributed by atoms with E-state index in [-0.39, 0.29) is 23.7 Å². The Morgan fingerprint density at radius 2 is 1.48 bits per heavy atom. The summed E-state index contributed by atoms with van der Waals surface area (Å²) in [7, 11) is 1.51. The Morgan fingerprint density at radius 3 is 2.07 bits per heavy atom. The molecule has 1 aliphatic heterocycles. The fourth-order valence-corrected chi connectivity index (χ4v) is 5.27. The minimum Gasteiger partial charge on any atom is -0.493 e. The largest absolute Gasteiger partial charge is 0.493 e. The van der Waals surface area contributed by atoms with Crippen LogP contribution in [0.3, 0.4) is 0 Å². The highest BCUT2D eigenvalue weighted by Crippen LogP contribution is 2.56. The van der Waals surface area contributed by atoms with Crippen molar-refractivity contribution in [1.29, 1.82) is 0 Å². The van der Waals surface area contributed by atoms with Gasteiger partial charge in [-0.2, -0.15) is 0 Å². The number of nitrogens with zero attached hydrogens (tertiary/aromatic N) is 1. The average Bonchev–Trinajstić information content (AvgIpc) is 3.42. The molecule has 1 heterocycles. The van der Waals surface area contributed by atoms with Crippen molar-refractivity contribution >= 4 is 23.5 Å². The number of carbonyl (C=O) groups is 3. The Labute approximate surface area is 168 Å². The van der Waals surface area contributed by atoms with Crippen LogP contribution in [0.15, 0.2) is 48.5 Å². The molecule has 29 heavy (non-hydrogen) atoms. The van der Waals surface area contributed by atoms with E-state index in [0.717, 1.165) is 19.3 Å². The van der Waals surface area contributed by atoms with Crippen LogP contribution >= 0.6 is 0 Å². The van der Waals surface area contributed by atoms with Crippen molar-refractivity contribution in [2.45, 2.75) is 19.3 Å². The van der Waals surface area contributed by atoms with Crippen molar-refractivity contribution in [3.05, 3.63) is 54.1 Å². The van der Waals surface area contributed by atoms with Crippen LogP contribution in [0, 0.1) is 23.7 Å². The van der Waals surface area contributed by atoms with E-state index < -0.39 is 5.97 Å². The highest BCUT2D eigenvalue weighted by atomic mass is 16.6. The van der Waals surface area contributed by atoms with Gasteiger partial charge in [0, 0.05) is 0 Å². The van der Waals surface area contributed by atoms with Crippen molar-refractivity contribution in [3.63, 3.8) is 0 Å². The second-order valence-electron chi connectivity index (χ2n) is 7.98. The molecule has 6 heteroatoms. The lowest BCUT2D eigenvalue weighted by molar-refractivity contribution is -0.123. The van der Waals surface area contributed by atoms with Crippen LogP contribution in [-0.4, -0.2) is 24.9 Å². The molecule has 4 unspecified atom stereocenters. The molecule has 0 aromatic heterocycles. The number of amides is 2. The maximum atomic E-state index is 12.9. The average molecular weight is 391 g/mol. The number of methoxy groups -OCH3 is 1. The minimum absolute atomic E-state index is 0.0865. The zero-order chi connectivity index (χ0) is 20.1. The van der Waals surface area contributed by atoms with Gasteiger partial charge in [-0.1, -0.05) is 12.1 Å². The van der Waals surface area contributed by atoms with Gasteiger partial charge in [-0.05, 0) is 67.5 Å². The Balaban J connectivity index is 1.35.